The molecule has 2 atom stereocenters. The molecule has 1 saturated heterocycles. The third kappa shape index (κ3) is 3.07. The molecule has 1 aliphatic heterocycles. The van der Waals surface area contributed by atoms with Crippen LogP contribution in [-0.4, -0.2) is 28.0 Å². The van der Waals surface area contributed by atoms with E-state index in [1.54, 1.807) is 6.33 Å². The Morgan fingerprint density at radius 2 is 1.96 bits per heavy atom. The molecule has 2 aliphatic rings. The number of rotatable bonds is 2. The van der Waals surface area contributed by atoms with Gasteiger partial charge >= 0.3 is 0 Å². The van der Waals surface area contributed by atoms with Gasteiger partial charge in [0.25, 0.3) is 0 Å². The summed E-state index contributed by atoms with van der Waals surface area (Å²) in [6, 6.07) is 8.28. The fourth-order valence-electron chi connectivity index (χ4n) is 3.40. The van der Waals surface area contributed by atoms with Gasteiger partial charge < -0.3 is 14.8 Å². The van der Waals surface area contributed by atoms with E-state index in [1.165, 1.54) is 11.1 Å². The second kappa shape index (κ2) is 5.68. The minimum Gasteiger partial charge on any atom is -0.344 e. The average Bonchev–Trinajstić information content (AvgIpc) is 2.78. The third-order valence-corrected chi connectivity index (χ3v) is 4.87. The van der Waals surface area contributed by atoms with E-state index in [4.69, 9.17) is 9.47 Å². The van der Waals surface area contributed by atoms with E-state index >= 15 is 0 Å². The Bertz CT molecular complexity index is 750. The van der Waals surface area contributed by atoms with Crippen molar-refractivity contribution in [3.63, 3.8) is 0 Å². The molecule has 1 aromatic carbocycles. The van der Waals surface area contributed by atoms with E-state index in [1.807, 2.05) is 19.9 Å². The highest BCUT2D eigenvalue weighted by atomic mass is 127. The van der Waals surface area contributed by atoms with Gasteiger partial charge in [0.15, 0.2) is 5.79 Å². The van der Waals surface area contributed by atoms with E-state index in [-0.39, 0.29) is 12.2 Å². The third-order valence-electron chi connectivity index (χ3n) is 4.28. The van der Waals surface area contributed by atoms with E-state index in [2.05, 4.69) is 56.1 Å². The largest absolute Gasteiger partial charge is 0.344 e. The van der Waals surface area contributed by atoms with Gasteiger partial charge in [-0.2, -0.15) is 0 Å². The summed E-state index contributed by atoms with van der Waals surface area (Å²) < 4.78 is 13.0. The van der Waals surface area contributed by atoms with Crippen LogP contribution >= 0.6 is 22.6 Å². The van der Waals surface area contributed by atoms with Crippen LogP contribution in [0.5, 0.6) is 0 Å². The molecule has 0 saturated carbocycles. The number of nitrogens with zero attached hydrogens (tertiary/aromatic N) is 2. The summed E-state index contributed by atoms with van der Waals surface area (Å²) in [5, 5.41) is 3.42. The number of nitrogens with one attached hydrogen (secondary N) is 1. The molecule has 5 nitrogen and oxygen atoms in total. The van der Waals surface area contributed by atoms with Crippen molar-refractivity contribution >= 4 is 34.1 Å². The monoisotopic (exact) mass is 423 g/mol. The normalized spacial score (nSPS) is 24.8. The van der Waals surface area contributed by atoms with Crippen LogP contribution in [0.25, 0.3) is 0 Å². The molecule has 2 aromatic rings. The first-order valence-electron chi connectivity index (χ1n) is 7.71. The van der Waals surface area contributed by atoms with Crippen LogP contribution in [0.1, 0.15) is 25.0 Å². The van der Waals surface area contributed by atoms with Gasteiger partial charge in [-0.15, -0.1) is 0 Å². The predicted molar refractivity (Wildman–Crippen MR) is 95.7 cm³/mol. The highest BCUT2D eigenvalue weighted by molar-refractivity contribution is 14.1. The van der Waals surface area contributed by atoms with E-state index in [0.29, 0.717) is 0 Å². The van der Waals surface area contributed by atoms with Crippen molar-refractivity contribution in [2.45, 2.75) is 44.7 Å². The first-order chi connectivity index (χ1) is 11.0. The van der Waals surface area contributed by atoms with Crippen molar-refractivity contribution in [2.75, 3.05) is 5.32 Å². The van der Waals surface area contributed by atoms with Crippen molar-refractivity contribution in [2.24, 2.45) is 0 Å². The Morgan fingerprint density at radius 3 is 2.74 bits per heavy atom. The quantitative estimate of drug-likeness (QED) is 0.593. The highest BCUT2D eigenvalue weighted by Gasteiger charge is 2.44. The van der Waals surface area contributed by atoms with Gasteiger partial charge in [0.2, 0.25) is 0 Å². The standard InChI is InChI=1S/C17H18IN3O2/c1-17(2)22-13-6-10-4-3-5-12(11(10)7-14(13)23-17)21-16-8-15(18)19-9-20-16/h3-5,8-9,13-14H,6-7H2,1-2H3,(H,19,20,21). The second-order valence-electron chi connectivity index (χ2n) is 6.41. The van der Waals surface area contributed by atoms with E-state index in [9.17, 15) is 0 Å². The van der Waals surface area contributed by atoms with Gasteiger partial charge in [-0.05, 0) is 53.6 Å². The first-order valence-corrected chi connectivity index (χ1v) is 8.79. The van der Waals surface area contributed by atoms with Crippen LogP contribution < -0.4 is 5.32 Å². The number of fused-ring (bicyclic) bond motifs is 2. The summed E-state index contributed by atoms with van der Waals surface area (Å²) in [6.07, 6.45) is 3.58. The number of aromatic nitrogens is 2. The van der Waals surface area contributed by atoms with Gasteiger partial charge in [-0.1, -0.05) is 12.1 Å². The summed E-state index contributed by atoms with van der Waals surface area (Å²) in [7, 11) is 0. The molecule has 1 N–H and O–H groups in total. The number of anilines is 2. The van der Waals surface area contributed by atoms with Gasteiger partial charge in [0.05, 0.1) is 12.2 Å². The molecule has 23 heavy (non-hydrogen) atoms. The van der Waals surface area contributed by atoms with E-state index < -0.39 is 5.79 Å². The molecule has 0 bridgehead atoms. The molecule has 0 radical (unpaired) electrons. The first kappa shape index (κ1) is 15.3. The molecule has 4 rings (SSSR count). The van der Waals surface area contributed by atoms with Crippen LogP contribution in [0.2, 0.25) is 0 Å². The fraction of sp³-hybridized carbons (Fsp3) is 0.412. The molecule has 6 heteroatoms. The summed E-state index contributed by atoms with van der Waals surface area (Å²) >= 11 is 2.19. The molecule has 120 valence electrons. The number of hydrogen-bond acceptors (Lipinski definition) is 5. The van der Waals surface area contributed by atoms with Crippen molar-refractivity contribution < 1.29 is 9.47 Å². The molecule has 2 unspecified atom stereocenters. The molecular weight excluding hydrogens is 405 g/mol. The van der Waals surface area contributed by atoms with Crippen molar-refractivity contribution in [1.29, 1.82) is 0 Å². The lowest BCUT2D eigenvalue weighted by Crippen LogP contribution is -2.32. The summed E-state index contributed by atoms with van der Waals surface area (Å²) in [5.74, 6) is 0.317. The predicted octanol–water partition coefficient (Wildman–Crippen LogP) is 3.44. The Kier molecular flexibility index (Phi) is 3.78. The maximum Gasteiger partial charge on any atom is 0.163 e. The summed E-state index contributed by atoms with van der Waals surface area (Å²) in [6.45, 7) is 3.97. The molecule has 1 aromatic heterocycles. The smallest absolute Gasteiger partial charge is 0.163 e. The van der Waals surface area contributed by atoms with Crippen LogP contribution in [0, 0.1) is 3.70 Å². The lowest BCUT2D eigenvalue weighted by molar-refractivity contribution is -0.145. The maximum atomic E-state index is 6.06. The van der Waals surface area contributed by atoms with Crippen molar-refractivity contribution in [1.82, 2.24) is 9.97 Å². The highest BCUT2D eigenvalue weighted by Crippen LogP contribution is 2.39. The lowest BCUT2D eigenvalue weighted by atomic mass is 9.86. The lowest BCUT2D eigenvalue weighted by Gasteiger charge is -2.27. The van der Waals surface area contributed by atoms with Crippen LogP contribution in [0.4, 0.5) is 11.5 Å². The number of benzene rings is 1. The average molecular weight is 423 g/mol. The zero-order valence-electron chi connectivity index (χ0n) is 13.0. The van der Waals surface area contributed by atoms with Gasteiger partial charge in [0.1, 0.15) is 15.8 Å². The number of ether oxygens (including phenoxy) is 2. The number of halogens is 1. The second-order valence-corrected chi connectivity index (χ2v) is 7.52. The van der Waals surface area contributed by atoms with Gasteiger partial charge in [0, 0.05) is 24.6 Å². The Balaban J connectivity index is 1.64. The Hall–Kier alpha value is -1.25. The van der Waals surface area contributed by atoms with Crippen molar-refractivity contribution in [3.05, 3.63) is 45.4 Å². The Morgan fingerprint density at radius 1 is 1.17 bits per heavy atom. The van der Waals surface area contributed by atoms with Crippen LogP contribution in [0.15, 0.2) is 30.6 Å². The summed E-state index contributed by atoms with van der Waals surface area (Å²) in [4.78, 5) is 8.42. The zero-order chi connectivity index (χ0) is 16.0. The SMILES string of the molecule is CC1(C)OC2Cc3cccc(Nc4cc(I)ncn4)c3CC2O1. The molecule has 0 spiro atoms. The van der Waals surface area contributed by atoms with Crippen molar-refractivity contribution in [3.8, 4) is 0 Å². The minimum absolute atomic E-state index is 0.117. The minimum atomic E-state index is -0.492. The number of hydrogen-bond donors (Lipinski definition) is 1. The fourth-order valence-corrected chi connectivity index (χ4v) is 3.82. The van der Waals surface area contributed by atoms with Crippen LogP contribution in [0.3, 0.4) is 0 Å². The molecule has 2 heterocycles. The molecule has 0 amide bonds. The topological polar surface area (TPSA) is 56.3 Å². The zero-order valence-corrected chi connectivity index (χ0v) is 15.2. The molecule has 1 aliphatic carbocycles. The molecular formula is C17H18IN3O2. The molecule has 1 fully saturated rings. The van der Waals surface area contributed by atoms with Gasteiger partial charge in [-0.25, -0.2) is 9.97 Å². The Labute approximate surface area is 149 Å². The maximum absolute atomic E-state index is 6.06. The van der Waals surface area contributed by atoms with Gasteiger partial charge in [-0.3, -0.25) is 0 Å². The van der Waals surface area contributed by atoms with E-state index in [0.717, 1.165) is 28.0 Å². The van der Waals surface area contributed by atoms with Crippen LogP contribution in [-0.2, 0) is 22.3 Å². The summed E-state index contributed by atoms with van der Waals surface area (Å²) in [5.41, 5.74) is 3.70.